The van der Waals surface area contributed by atoms with Gasteiger partial charge in [-0.25, -0.2) is 4.39 Å². The molecule has 0 heterocycles. The molecule has 0 amide bonds. The molecule has 1 rings (SSSR count). The fourth-order valence-corrected chi connectivity index (χ4v) is 1.23. The number of rotatable bonds is 3. The van der Waals surface area contributed by atoms with Crippen molar-refractivity contribution in [2.75, 3.05) is 0 Å². The lowest BCUT2D eigenvalue weighted by Crippen LogP contribution is -2.32. The SMILES string of the molecule is N[C@@H](Cc1cc(C(F)(F)F)ccc1F)C(=O)O. The summed E-state index contributed by atoms with van der Waals surface area (Å²) in [7, 11) is 0. The molecule has 1 atom stereocenters. The van der Waals surface area contributed by atoms with Crippen molar-refractivity contribution in [2.24, 2.45) is 5.73 Å². The number of alkyl halides is 3. The fourth-order valence-electron chi connectivity index (χ4n) is 1.23. The normalized spacial score (nSPS) is 13.5. The van der Waals surface area contributed by atoms with Crippen LogP contribution in [0, 0.1) is 5.82 Å². The van der Waals surface area contributed by atoms with Gasteiger partial charge in [0.25, 0.3) is 0 Å². The maximum absolute atomic E-state index is 13.2. The summed E-state index contributed by atoms with van der Waals surface area (Å²) in [6.07, 6.45) is -5.10. The van der Waals surface area contributed by atoms with E-state index in [1.165, 1.54) is 0 Å². The first-order chi connectivity index (χ1) is 7.71. The lowest BCUT2D eigenvalue weighted by molar-refractivity contribution is -0.138. The second-order valence-electron chi connectivity index (χ2n) is 3.45. The number of halogens is 4. The third-order valence-electron chi connectivity index (χ3n) is 2.13. The number of carboxylic acids is 1. The van der Waals surface area contributed by atoms with Crippen molar-refractivity contribution in [3.05, 3.63) is 35.1 Å². The third kappa shape index (κ3) is 3.42. The molecule has 3 nitrogen and oxygen atoms in total. The van der Waals surface area contributed by atoms with Crippen LogP contribution in [0.25, 0.3) is 0 Å². The lowest BCUT2D eigenvalue weighted by Gasteiger charge is -2.11. The maximum atomic E-state index is 13.2. The van der Waals surface area contributed by atoms with Crippen molar-refractivity contribution in [2.45, 2.75) is 18.6 Å². The van der Waals surface area contributed by atoms with Crippen molar-refractivity contribution in [1.82, 2.24) is 0 Å². The van der Waals surface area contributed by atoms with Crippen molar-refractivity contribution >= 4 is 5.97 Å². The Hall–Kier alpha value is -1.63. The predicted molar refractivity (Wildman–Crippen MR) is 50.7 cm³/mol. The molecule has 0 saturated heterocycles. The highest BCUT2D eigenvalue weighted by molar-refractivity contribution is 5.73. The van der Waals surface area contributed by atoms with Crippen LogP contribution < -0.4 is 5.73 Å². The van der Waals surface area contributed by atoms with E-state index in [1.54, 1.807) is 0 Å². The maximum Gasteiger partial charge on any atom is 0.416 e. The van der Waals surface area contributed by atoms with Crippen LogP contribution in [-0.4, -0.2) is 17.1 Å². The minimum Gasteiger partial charge on any atom is -0.480 e. The van der Waals surface area contributed by atoms with E-state index in [0.717, 1.165) is 0 Å². The molecule has 0 aromatic heterocycles. The van der Waals surface area contributed by atoms with E-state index in [2.05, 4.69) is 0 Å². The minimum atomic E-state index is -4.60. The zero-order valence-electron chi connectivity index (χ0n) is 8.46. The number of carbonyl (C=O) groups is 1. The molecule has 0 spiro atoms. The average molecular weight is 251 g/mol. The van der Waals surface area contributed by atoms with E-state index in [9.17, 15) is 22.4 Å². The molecule has 3 N–H and O–H groups in total. The minimum absolute atomic E-state index is 0.366. The Kier molecular flexibility index (Phi) is 3.72. The van der Waals surface area contributed by atoms with Crippen LogP contribution in [0.15, 0.2) is 18.2 Å². The zero-order chi connectivity index (χ0) is 13.2. The number of aliphatic carboxylic acids is 1. The predicted octanol–water partition coefficient (Wildman–Crippen LogP) is 1.80. The van der Waals surface area contributed by atoms with Crippen molar-refractivity contribution in [1.29, 1.82) is 0 Å². The number of benzene rings is 1. The summed E-state index contributed by atoms with van der Waals surface area (Å²) in [6, 6.07) is 0.365. The van der Waals surface area contributed by atoms with Crippen LogP contribution in [0.1, 0.15) is 11.1 Å². The van der Waals surface area contributed by atoms with Crippen molar-refractivity contribution in [3.8, 4) is 0 Å². The van der Waals surface area contributed by atoms with E-state index >= 15 is 0 Å². The average Bonchev–Trinajstić information content (AvgIpc) is 2.19. The molecule has 1 aromatic carbocycles. The van der Waals surface area contributed by atoms with Crippen LogP contribution >= 0.6 is 0 Å². The topological polar surface area (TPSA) is 63.3 Å². The van der Waals surface area contributed by atoms with Gasteiger partial charge in [0.1, 0.15) is 11.9 Å². The molecule has 94 valence electrons. The first-order valence-electron chi connectivity index (χ1n) is 4.56. The lowest BCUT2D eigenvalue weighted by atomic mass is 10.0. The Morgan fingerprint density at radius 3 is 2.47 bits per heavy atom. The summed E-state index contributed by atoms with van der Waals surface area (Å²) >= 11 is 0. The molecular formula is C10H9F4NO2. The standard InChI is InChI=1S/C10H9F4NO2/c11-7-2-1-6(10(12,13)14)3-5(7)4-8(15)9(16)17/h1-3,8H,4,15H2,(H,16,17)/t8-/m0/s1. The Labute approximate surface area is 93.8 Å². The number of hydrogen-bond donors (Lipinski definition) is 2. The molecule has 17 heavy (non-hydrogen) atoms. The molecule has 0 aliphatic carbocycles. The van der Waals surface area contributed by atoms with Gasteiger partial charge in [-0.3, -0.25) is 4.79 Å². The van der Waals surface area contributed by atoms with Gasteiger partial charge < -0.3 is 10.8 Å². The molecular weight excluding hydrogens is 242 g/mol. The van der Waals surface area contributed by atoms with Crippen LogP contribution in [0.2, 0.25) is 0 Å². The highest BCUT2D eigenvalue weighted by Crippen LogP contribution is 2.30. The van der Waals surface area contributed by atoms with E-state index in [1.807, 2.05) is 0 Å². The Morgan fingerprint density at radius 2 is 2.00 bits per heavy atom. The smallest absolute Gasteiger partial charge is 0.416 e. The van der Waals surface area contributed by atoms with Crippen LogP contribution in [0.3, 0.4) is 0 Å². The molecule has 0 aliphatic rings. The molecule has 0 aliphatic heterocycles. The fraction of sp³-hybridized carbons (Fsp3) is 0.300. The van der Waals surface area contributed by atoms with Gasteiger partial charge in [-0.1, -0.05) is 0 Å². The molecule has 1 aromatic rings. The van der Waals surface area contributed by atoms with E-state index < -0.39 is 36.0 Å². The van der Waals surface area contributed by atoms with Gasteiger partial charge >= 0.3 is 12.1 Å². The first kappa shape index (κ1) is 13.4. The Balaban J connectivity index is 3.03. The highest BCUT2D eigenvalue weighted by atomic mass is 19.4. The van der Waals surface area contributed by atoms with E-state index in [-0.39, 0.29) is 5.56 Å². The summed E-state index contributed by atoms with van der Waals surface area (Å²) in [4.78, 5) is 10.4. The quantitative estimate of drug-likeness (QED) is 0.805. The number of nitrogens with two attached hydrogens (primary N) is 1. The van der Waals surface area contributed by atoms with Gasteiger partial charge in [0.15, 0.2) is 0 Å². The molecule has 7 heteroatoms. The van der Waals surface area contributed by atoms with Crippen LogP contribution in [0.5, 0.6) is 0 Å². The van der Waals surface area contributed by atoms with Gasteiger partial charge in [0.05, 0.1) is 5.56 Å². The Morgan fingerprint density at radius 1 is 1.41 bits per heavy atom. The van der Waals surface area contributed by atoms with Crippen LogP contribution in [-0.2, 0) is 17.4 Å². The van der Waals surface area contributed by atoms with Gasteiger partial charge in [-0.15, -0.1) is 0 Å². The van der Waals surface area contributed by atoms with E-state index in [4.69, 9.17) is 10.8 Å². The summed E-state index contributed by atoms with van der Waals surface area (Å²) in [6.45, 7) is 0. The Bertz CT molecular complexity index is 431. The second kappa shape index (κ2) is 4.70. The summed E-state index contributed by atoms with van der Waals surface area (Å²) in [5.41, 5.74) is 3.73. The number of hydrogen-bond acceptors (Lipinski definition) is 2. The van der Waals surface area contributed by atoms with Gasteiger partial charge in [0.2, 0.25) is 0 Å². The van der Waals surface area contributed by atoms with Crippen molar-refractivity contribution in [3.63, 3.8) is 0 Å². The molecule has 0 saturated carbocycles. The third-order valence-corrected chi connectivity index (χ3v) is 2.13. The zero-order valence-corrected chi connectivity index (χ0v) is 8.46. The molecule has 0 fully saturated rings. The molecule has 0 bridgehead atoms. The summed E-state index contributed by atoms with van der Waals surface area (Å²) in [5.74, 6) is -2.31. The van der Waals surface area contributed by atoms with Gasteiger partial charge in [-0.2, -0.15) is 13.2 Å². The first-order valence-corrected chi connectivity index (χ1v) is 4.56. The summed E-state index contributed by atoms with van der Waals surface area (Å²) < 4.78 is 50.1. The van der Waals surface area contributed by atoms with Crippen molar-refractivity contribution < 1.29 is 27.5 Å². The number of carboxylic acid groups (broad SMARTS) is 1. The monoisotopic (exact) mass is 251 g/mol. The summed E-state index contributed by atoms with van der Waals surface area (Å²) in [5, 5.41) is 8.49. The van der Waals surface area contributed by atoms with E-state index in [0.29, 0.717) is 18.2 Å². The largest absolute Gasteiger partial charge is 0.480 e. The highest BCUT2D eigenvalue weighted by Gasteiger charge is 2.31. The molecule has 0 unspecified atom stereocenters. The van der Waals surface area contributed by atoms with Crippen LogP contribution in [0.4, 0.5) is 17.6 Å². The molecule has 0 radical (unpaired) electrons. The van der Waals surface area contributed by atoms with Gasteiger partial charge in [-0.05, 0) is 23.8 Å². The second-order valence-corrected chi connectivity index (χ2v) is 3.45. The van der Waals surface area contributed by atoms with Gasteiger partial charge in [0, 0.05) is 6.42 Å².